The second-order valence-corrected chi connectivity index (χ2v) is 8.14. The minimum atomic E-state index is 0.909. The molecule has 1 nitrogen and oxygen atoms in total. The van der Waals surface area contributed by atoms with E-state index in [1.54, 1.807) is 0 Å². The van der Waals surface area contributed by atoms with Crippen molar-refractivity contribution in [1.82, 2.24) is 5.32 Å². The first-order chi connectivity index (χ1) is 10.4. The Morgan fingerprint density at radius 1 is 0.762 bits per heavy atom. The van der Waals surface area contributed by atoms with Crippen LogP contribution in [-0.2, 0) is 0 Å². The summed E-state index contributed by atoms with van der Waals surface area (Å²) >= 11 is 2.18. The summed E-state index contributed by atoms with van der Waals surface area (Å²) in [5, 5.41) is 4.42. The van der Waals surface area contributed by atoms with Crippen LogP contribution in [0.2, 0.25) is 0 Å². The molecule has 0 aromatic carbocycles. The molecule has 0 aliphatic carbocycles. The van der Waals surface area contributed by atoms with Crippen molar-refractivity contribution in [2.45, 2.75) is 102 Å². The van der Waals surface area contributed by atoms with E-state index >= 15 is 0 Å². The zero-order chi connectivity index (χ0) is 15.0. The molecule has 0 saturated carbocycles. The molecule has 0 spiro atoms. The van der Waals surface area contributed by atoms with E-state index in [1.807, 2.05) is 0 Å². The fraction of sp³-hybridized carbons (Fsp3) is 1.00. The summed E-state index contributed by atoms with van der Waals surface area (Å²) in [7, 11) is 0. The highest BCUT2D eigenvalue weighted by atomic mass is 32.2. The predicted molar refractivity (Wildman–Crippen MR) is 99.4 cm³/mol. The van der Waals surface area contributed by atoms with E-state index in [0.717, 1.165) is 5.25 Å². The van der Waals surface area contributed by atoms with Crippen LogP contribution in [0.5, 0.6) is 0 Å². The van der Waals surface area contributed by atoms with Gasteiger partial charge in [-0.3, -0.25) is 0 Å². The van der Waals surface area contributed by atoms with E-state index in [4.69, 9.17) is 0 Å². The van der Waals surface area contributed by atoms with Crippen LogP contribution >= 0.6 is 11.8 Å². The maximum Gasteiger partial charge on any atom is 0.0172 e. The van der Waals surface area contributed by atoms with Gasteiger partial charge in [0.05, 0.1) is 0 Å². The van der Waals surface area contributed by atoms with E-state index in [0.29, 0.717) is 0 Å². The first-order valence-corrected chi connectivity index (χ1v) is 10.8. The van der Waals surface area contributed by atoms with Gasteiger partial charge in [0.25, 0.3) is 0 Å². The number of thioether (sulfide) groups is 1. The zero-order valence-electron chi connectivity index (χ0n) is 14.5. The molecule has 126 valence electrons. The zero-order valence-corrected chi connectivity index (χ0v) is 15.3. The smallest absolute Gasteiger partial charge is 0.0172 e. The maximum atomic E-state index is 3.51. The Morgan fingerprint density at radius 3 is 1.76 bits per heavy atom. The summed E-state index contributed by atoms with van der Waals surface area (Å²) in [5.74, 6) is 1.32. The monoisotopic (exact) mass is 313 g/mol. The van der Waals surface area contributed by atoms with Gasteiger partial charge in [-0.05, 0) is 6.42 Å². The van der Waals surface area contributed by atoms with Gasteiger partial charge in [-0.2, -0.15) is 11.8 Å². The highest BCUT2D eigenvalue weighted by Crippen LogP contribution is 2.20. The largest absolute Gasteiger partial charge is 0.315 e. The van der Waals surface area contributed by atoms with Crippen molar-refractivity contribution < 1.29 is 0 Å². The van der Waals surface area contributed by atoms with E-state index in [-0.39, 0.29) is 0 Å². The molecule has 1 saturated heterocycles. The Labute approximate surface area is 138 Å². The van der Waals surface area contributed by atoms with Crippen molar-refractivity contribution in [2.75, 3.05) is 18.8 Å². The average molecular weight is 314 g/mol. The molecule has 0 aromatic rings. The molecule has 0 aromatic heterocycles. The molecule has 1 fully saturated rings. The Bertz CT molecular complexity index is 202. The molecule has 0 radical (unpaired) electrons. The predicted octanol–water partition coefficient (Wildman–Crippen LogP) is 6.17. The second kappa shape index (κ2) is 15.2. The van der Waals surface area contributed by atoms with Crippen molar-refractivity contribution in [3.63, 3.8) is 0 Å². The molecule has 1 rings (SSSR count). The van der Waals surface area contributed by atoms with E-state index < -0.39 is 0 Å². The van der Waals surface area contributed by atoms with Crippen LogP contribution < -0.4 is 5.32 Å². The number of hydrogen-bond donors (Lipinski definition) is 1. The first kappa shape index (κ1) is 19.4. The number of nitrogens with one attached hydrogen (secondary N) is 1. The molecule has 1 heterocycles. The second-order valence-electron chi connectivity index (χ2n) is 6.73. The van der Waals surface area contributed by atoms with Crippen molar-refractivity contribution in [1.29, 1.82) is 0 Å². The van der Waals surface area contributed by atoms with Gasteiger partial charge in [0.15, 0.2) is 0 Å². The fourth-order valence-electron chi connectivity index (χ4n) is 3.19. The van der Waals surface area contributed by atoms with E-state index in [9.17, 15) is 0 Å². The third-order valence-electron chi connectivity index (χ3n) is 4.63. The van der Waals surface area contributed by atoms with Gasteiger partial charge in [-0.15, -0.1) is 0 Å². The summed E-state index contributed by atoms with van der Waals surface area (Å²) in [4.78, 5) is 0. The van der Waals surface area contributed by atoms with Crippen LogP contribution in [0.15, 0.2) is 0 Å². The molecule has 0 amide bonds. The van der Waals surface area contributed by atoms with Crippen LogP contribution in [-0.4, -0.2) is 24.1 Å². The standard InChI is InChI=1S/C19H39NS/c1-2-3-4-5-6-7-8-9-10-11-12-13-14-15-19-18-20-16-17-21-19/h19-20H,2-18H2,1H3. The Kier molecular flexibility index (Phi) is 14.0. The lowest BCUT2D eigenvalue weighted by molar-refractivity contribution is 0.529. The highest BCUT2D eigenvalue weighted by Gasteiger charge is 2.12. The van der Waals surface area contributed by atoms with Crippen molar-refractivity contribution in [3.8, 4) is 0 Å². The average Bonchev–Trinajstić information content (AvgIpc) is 2.53. The molecule has 1 aliphatic rings. The molecule has 1 atom stereocenters. The number of unbranched alkanes of at least 4 members (excludes halogenated alkanes) is 12. The molecule has 21 heavy (non-hydrogen) atoms. The Morgan fingerprint density at radius 2 is 1.29 bits per heavy atom. The van der Waals surface area contributed by atoms with Crippen LogP contribution in [0.3, 0.4) is 0 Å². The first-order valence-electron chi connectivity index (χ1n) is 9.76. The Hall–Kier alpha value is 0.310. The third-order valence-corrected chi connectivity index (χ3v) is 5.95. The molecular weight excluding hydrogens is 274 g/mol. The minimum Gasteiger partial charge on any atom is -0.315 e. The maximum absolute atomic E-state index is 3.51. The van der Waals surface area contributed by atoms with Crippen molar-refractivity contribution in [2.24, 2.45) is 0 Å². The summed E-state index contributed by atoms with van der Waals surface area (Å²) in [5.41, 5.74) is 0. The van der Waals surface area contributed by atoms with Gasteiger partial charge in [-0.25, -0.2) is 0 Å². The minimum absolute atomic E-state index is 0.909. The van der Waals surface area contributed by atoms with Crippen LogP contribution in [0.4, 0.5) is 0 Å². The molecular formula is C19H39NS. The topological polar surface area (TPSA) is 12.0 Å². The highest BCUT2D eigenvalue weighted by molar-refractivity contribution is 8.00. The summed E-state index contributed by atoms with van der Waals surface area (Å²) in [6.07, 6.45) is 20.5. The molecule has 1 unspecified atom stereocenters. The van der Waals surface area contributed by atoms with Crippen molar-refractivity contribution >= 4 is 11.8 Å². The lowest BCUT2D eigenvalue weighted by Gasteiger charge is -2.22. The molecule has 1 aliphatic heterocycles. The van der Waals surface area contributed by atoms with Gasteiger partial charge in [0.1, 0.15) is 0 Å². The summed E-state index contributed by atoms with van der Waals surface area (Å²) < 4.78 is 0. The van der Waals surface area contributed by atoms with Gasteiger partial charge >= 0.3 is 0 Å². The van der Waals surface area contributed by atoms with Gasteiger partial charge in [-0.1, -0.05) is 90.4 Å². The third kappa shape index (κ3) is 12.5. The summed E-state index contributed by atoms with van der Waals surface area (Å²) in [6.45, 7) is 4.77. The number of hydrogen-bond acceptors (Lipinski definition) is 2. The van der Waals surface area contributed by atoms with Crippen molar-refractivity contribution in [3.05, 3.63) is 0 Å². The lowest BCUT2D eigenvalue weighted by atomic mass is 10.0. The van der Waals surface area contributed by atoms with Gasteiger partial charge < -0.3 is 5.32 Å². The summed E-state index contributed by atoms with van der Waals surface area (Å²) in [6, 6.07) is 0. The SMILES string of the molecule is CCCCCCCCCCCCCCCC1CNCCS1. The molecule has 0 bridgehead atoms. The van der Waals surface area contributed by atoms with Gasteiger partial charge in [0, 0.05) is 24.1 Å². The number of rotatable bonds is 14. The van der Waals surface area contributed by atoms with Crippen LogP contribution in [0.1, 0.15) is 96.8 Å². The van der Waals surface area contributed by atoms with E-state index in [2.05, 4.69) is 24.0 Å². The molecule has 2 heteroatoms. The fourth-order valence-corrected chi connectivity index (χ4v) is 4.36. The Balaban J connectivity index is 1.69. The van der Waals surface area contributed by atoms with Crippen LogP contribution in [0.25, 0.3) is 0 Å². The van der Waals surface area contributed by atoms with Crippen LogP contribution in [0, 0.1) is 0 Å². The quantitative estimate of drug-likeness (QED) is 0.385. The van der Waals surface area contributed by atoms with E-state index in [1.165, 1.54) is 109 Å². The van der Waals surface area contributed by atoms with Gasteiger partial charge in [0.2, 0.25) is 0 Å². The lowest BCUT2D eigenvalue weighted by Crippen LogP contribution is -2.32. The normalized spacial score (nSPS) is 19.0. The molecule has 1 N–H and O–H groups in total.